The summed E-state index contributed by atoms with van der Waals surface area (Å²) < 4.78 is 0. The molecule has 0 saturated carbocycles. The fourth-order valence-corrected chi connectivity index (χ4v) is 2.70. The van der Waals surface area contributed by atoms with E-state index in [0.717, 1.165) is 36.0 Å². The van der Waals surface area contributed by atoms with Gasteiger partial charge in [0.2, 0.25) is 0 Å². The largest absolute Gasteiger partial charge is 0.396 e. The van der Waals surface area contributed by atoms with Crippen molar-refractivity contribution in [1.82, 2.24) is 10.3 Å². The van der Waals surface area contributed by atoms with Crippen molar-refractivity contribution < 1.29 is 5.11 Å². The van der Waals surface area contributed by atoms with E-state index < -0.39 is 0 Å². The second kappa shape index (κ2) is 8.10. The zero-order chi connectivity index (χ0) is 10.9. The molecule has 0 atom stereocenters. The minimum atomic E-state index is 0.306. The van der Waals surface area contributed by atoms with Gasteiger partial charge >= 0.3 is 0 Å². The molecular weight excluding hydrogens is 228 g/mol. The molecule has 0 aliphatic rings. The number of hydrogen-bond donors (Lipinski definition) is 2. The van der Waals surface area contributed by atoms with Gasteiger partial charge in [-0.25, -0.2) is 4.98 Å². The molecule has 3 nitrogen and oxygen atoms in total. The topological polar surface area (TPSA) is 45.2 Å². The second-order valence-corrected chi connectivity index (χ2v) is 5.76. The Morgan fingerprint density at radius 1 is 1.53 bits per heavy atom. The number of aliphatic hydroxyl groups excluding tert-OH is 1. The molecule has 5 heteroatoms. The maximum Gasteiger partial charge on any atom is 0.0897 e. The highest BCUT2D eigenvalue weighted by Gasteiger charge is 1.96. The van der Waals surface area contributed by atoms with Crippen molar-refractivity contribution in [3.8, 4) is 0 Å². The average Bonchev–Trinajstić information content (AvgIpc) is 2.63. The molecule has 0 amide bonds. The highest BCUT2D eigenvalue weighted by atomic mass is 32.2. The SMILES string of the molecule is Cc1ncc(CNCCSCCCO)s1. The minimum absolute atomic E-state index is 0.306. The highest BCUT2D eigenvalue weighted by Crippen LogP contribution is 2.10. The number of aliphatic hydroxyl groups is 1. The summed E-state index contributed by atoms with van der Waals surface area (Å²) in [6.45, 7) is 4.28. The molecule has 0 spiro atoms. The van der Waals surface area contributed by atoms with Crippen molar-refractivity contribution in [3.63, 3.8) is 0 Å². The van der Waals surface area contributed by atoms with Crippen molar-refractivity contribution in [2.24, 2.45) is 0 Å². The van der Waals surface area contributed by atoms with Crippen LogP contribution < -0.4 is 5.32 Å². The van der Waals surface area contributed by atoms with Gasteiger partial charge in [0.1, 0.15) is 0 Å². The first-order chi connectivity index (χ1) is 7.33. The molecule has 0 fully saturated rings. The summed E-state index contributed by atoms with van der Waals surface area (Å²) in [6, 6.07) is 0. The van der Waals surface area contributed by atoms with Gasteiger partial charge in [0.05, 0.1) is 5.01 Å². The number of aromatic nitrogens is 1. The van der Waals surface area contributed by atoms with Crippen molar-refractivity contribution >= 4 is 23.1 Å². The van der Waals surface area contributed by atoms with Crippen LogP contribution in [-0.2, 0) is 6.54 Å². The van der Waals surface area contributed by atoms with E-state index in [1.54, 1.807) is 11.3 Å². The van der Waals surface area contributed by atoms with Crippen LogP contribution in [0.4, 0.5) is 0 Å². The minimum Gasteiger partial charge on any atom is -0.396 e. The average molecular weight is 246 g/mol. The van der Waals surface area contributed by atoms with E-state index in [0.29, 0.717) is 6.61 Å². The fraction of sp³-hybridized carbons (Fsp3) is 0.700. The molecule has 0 aliphatic carbocycles. The molecule has 0 unspecified atom stereocenters. The maximum absolute atomic E-state index is 8.59. The molecule has 1 rings (SSSR count). The van der Waals surface area contributed by atoms with E-state index >= 15 is 0 Å². The third-order valence-corrected chi connectivity index (χ3v) is 3.82. The van der Waals surface area contributed by atoms with Crippen molar-refractivity contribution in [3.05, 3.63) is 16.1 Å². The van der Waals surface area contributed by atoms with E-state index in [-0.39, 0.29) is 0 Å². The molecule has 86 valence electrons. The van der Waals surface area contributed by atoms with Crippen LogP contribution in [0.2, 0.25) is 0 Å². The predicted molar refractivity (Wildman–Crippen MR) is 67.6 cm³/mol. The molecule has 0 aromatic carbocycles. The Morgan fingerprint density at radius 2 is 2.40 bits per heavy atom. The number of nitrogens with zero attached hydrogens (tertiary/aromatic N) is 1. The van der Waals surface area contributed by atoms with E-state index in [2.05, 4.69) is 10.3 Å². The molecule has 1 heterocycles. The number of thiazole rings is 1. The van der Waals surface area contributed by atoms with Gasteiger partial charge < -0.3 is 10.4 Å². The van der Waals surface area contributed by atoms with Gasteiger partial charge in [0, 0.05) is 36.5 Å². The standard InChI is InChI=1S/C10H18N2OS2/c1-9-12-8-10(15-9)7-11-3-6-14-5-2-4-13/h8,11,13H,2-7H2,1H3. The third-order valence-electron chi connectivity index (χ3n) is 1.84. The van der Waals surface area contributed by atoms with Gasteiger partial charge in [-0.15, -0.1) is 11.3 Å². The Hall–Kier alpha value is -0.100. The van der Waals surface area contributed by atoms with Gasteiger partial charge in [-0.2, -0.15) is 11.8 Å². The molecule has 1 aromatic heterocycles. The molecule has 0 aliphatic heterocycles. The van der Waals surface area contributed by atoms with Crippen LogP contribution >= 0.6 is 23.1 Å². The summed E-state index contributed by atoms with van der Waals surface area (Å²) in [4.78, 5) is 5.50. The Morgan fingerprint density at radius 3 is 3.07 bits per heavy atom. The first-order valence-corrected chi connectivity index (χ1v) is 7.10. The van der Waals surface area contributed by atoms with Crippen LogP contribution in [0, 0.1) is 6.92 Å². The Kier molecular flexibility index (Phi) is 7.00. The van der Waals surface area contributed by atoms with E-state index in [9.17, 15) is 0 Å². The van der Waals surface area contributed by atoms with Crippen LogP contribution in [0.1, 0.15) is 16.3 Å². The van der Waals surface area contributed by atoms with Gasteiger partial charge in [-0.05, 0) is 19.1 Å². The molecule has 2 N–H and O–H groups in total. The number of nitrogens with one attached hydrogen (secondary N) is 1. The molecule has 0 radical (unpaired) electrons. The van der Waals surface area contributed by atoms with Crippen molar-refractivity contribution in [2.45, 2.75) is 19.9 Å². The van der Waals surface area contributed by atoms with E-state index in [4.69, 9.17) is 5.11 Å². The summed E-state index contributed by atoms with van der Waals surface area (Å²) in [7, 11) is 0. The van der Waals surface area contributed by atoms with Crippen molar-refractivity contribution in [2.75, 3.05) is 24.7 Å². The smallest absolute Gasteiger partial charge is 0.0897 e. The monoisotopic (exact) mass is 246 g/mol. The Labute approximate surface area is 99.3 Å². The zero-order valence-electron chi connectivity index (χ0n) is 9.03. The van der Waals surface area contributed by atoms with E-state index in [1.807, 2.05) is 24.9 Å². The van der Waals surface area contributed by atoms with Crippen LogP contribution in [0.25, 0.3) is 0 Å². The molecule has 15 heavy (non-hydrogen) atoms. The maximum atomic E-state index is 8.59. The number of hydrogen-bond acceptors (Lipinski definition) is 5. The predicted octanol–water partition coefficient (Wildman–Crippen LogP) is 1.66. The Bertz CT molecular complexity index is 266. The summed E-state index contributed by atoms with van der Waals surface area (Å²) in [5.74, 6) is 2.16. The lowest BCUT2D eigenvalue weighted by Crippen LogP contribution is -2.16. The third kappa shape index (κ3) is 6.14. The zero-order valence-corrected chi connectivity index (χ0v) is 10.7. The summed E-state index contributed by atoms with van der Waals surface area (Å²) in [5, 5.41) is 13.1. The fourth-order valence-electron chi connectivity index (χ4n) is 1.11. The molecule has 0 saturated heterocycles. The Balaban J connectivity index is 1.93. The van der Waals surface area contributed by atoms with Crippen LogP contribution in [0.3, 0.4) is 0 Å². The van der Waals surface area contributed by atoms with Crippen LogP contribution in [0.5, 0.6) is 0 Å². The highest BCUT2D eigenvalue weighted by molar-refractivity contribution is 7.99. The van der Waals surface area contributed by atoms with Gasteiger partial charge in [-0.3, -0.25) is 0 Å². The summed E-state index contributed by atoms with van der Waals surface area (Å²) in [6.07, 6.45) is 2.84. The van der Waals surface area contributed by atoms with Gasteiger partial charge in [-0.1, -0.05) is 0 Å². The lowest BCUT2D eigenvalue weighted by Gasteiger charge is -2.02. The van der Waals surface area contributed by atoms with E-state index in [1.165, 1.54) is 4.88 Å². The number of aryl methyl sites for hydroxylation is 1. The van der Waals surface area contributed by atoms with Crippen LogP contribution in [-0.4, -0.2) is 34.7 Å². The normalized spacial score (nSPS) is 10.8. The number of thioether (sulfide) groups is 1. The summed E-state index contributed by atoms with van der Waals surface area (Å²) in [5.41, 5.74) is 0. The lowest BCUT2D eigenvalue weighted by molar-refractivity contribution is 0.296. The first kappa shape index (κ1) is 13.0. The molecular formula is C10H18N2OS2. The van der Waals surface area contributed by atoms with Gasteiger partial charge in [0.15, 0.2) is 0 Å². The second-order valence-electron chi connectivity index (χ2n) is 3.21. The summed E-state index contributed by atoms with van der Waals surface area (Å²) >= 11 is 3.63. The lowest BCUT2D eigenvalue weighted by atomic mass is 10.5. The molecule has 1 aromatic rings. The van der Waals surface area contributed by atoms with Crippen LogP contribution in [0.15, 0.2) is 6.20 Å². The van der Waals surface area contributed by atoms with Crippen molar-refractivity contribution in [1.29, 1.82) is 0 Å². The molecule has 0 bridgehead atoms. The van der Waals surface area contributed by atoms with Gasteiger partial charge in [0.25, 0.3) is 0 Å². The quantitative estimate of drug-likeness (QED) is 0.685. The first-order valence-electron chi connectivity index (χ1n) is 5.13. The number of rotatable bonds is 8.